The van der Waals surface area contributed by atoms with Crippen LogP contribution in [0.4, 0.5) is 0 Å². The second-order valence-electron chi connectivity index (χ2n) is 3.97. The molecular formula is C14H23NO2. The van der Waals surface area contributed by atoms with Gasteiger partial charge in [0.05, 0.1) is 25.9 Å². The highest BCUT2D eigenvalue weighted by Crippen LogP contribution is 2.17. The smallest absolute Gasteiger partial charge is 0.0701 e. The highest BCUT2D eigenvalue weighted by molar-refractivity contribution is 5.28. The van der Waals surface area contributed by atoms with Crippen LogP contribution in [-0.4, -0.2) is 33.5 Å². The lowest BCUT2D eigenvalue weighted by molar-refractivity contribution is 0.0441. The van der Waals surface area contributed by atoms with Crippen molar-refractivity contribution in [2.75, 3.05) is 33.5 Å². The van der Waals surface area contributed by atoms with E-state index in [1.54, 1.807) is 0 Å². The molecule has 1 N–H and O–H groups in total. The van der Waals surface area contributed by atoms with Gasteiger partial charge >= 0.3 is 0 Å². The number of likely N-dealkylation sites (N-methyl/N-ethyl adjacent to an activating group) is 1. The van der Waals surface area contributed by atoms with Crippen molar-refractivity contribution < 1.29 is 9.47 Å². The van der Waals surface area contributed by atoms with Crippen molar-refractivity contribution in [3.63, 3.8) is 0 Å². The fourth-order valence-corrected chi connectivity index (χ4v) is 1.77. The third-order valence-corrected chi connectivity index (χ3v) is 2.77. The molecule has 0 fully saturated rings. The molecular weight excluding hydrogens is 214 g/mol. The average molecular weight is 237 g/mol. The first-order valence-corrected chi connectivity index (χ1v) is 6.17. The molecule has 3 nitrogen and oxygen atoms in total. The van der Waals surface area contributed by atoms with Crippen molar-refractivity contribution >= 4 is 0 Å². The van der Waals surface area contributed by atoms with E-state index < -0.39 is 0 Å². The van der Waals surface area contributed by atoms with Gasteiger partial charge in [-0.25, -0.2) is 0 Å². The normalized spacial score (nSPS) is 12.6. The Labute approximate surface area is 104 Å². The van der Waals surface area contributed by atoms with Gasteiger partial charge in [0.1, 0.15) is 0 Å². The van der Waals surface area contributed by atoms with Crippen molar-refractivity contribution in [3.05, 3.63) is 35.4 Å². The maximum atomic E-state index is 5.61. The Morgan fingerprint density at radius 3 is 2.53 bits per heavy atom. The molecule has 0 saturated carbocycles. The van der Waals surface area contributed by atoms with Crippen LogP contribution in [0.1, 0.15) is 24.1 Å². The summed E-state index contributed by atoms with van der Waals surface area (Å²) in [6, 6.07) is 8.63. The minimum Gasteiger partial charge on any atom is -0.379 e. The molecule has 0 amide bonds. The average Bonchev–Trinajstić information content (AvgIpc) is 2.35. The van der Waals surface area contributed by atoms with E-state index in [4.69, 9.17) is 9.47 Å². The van der Waals surface area contributed by atoms with E-state index in [9.17, 15) is 0 Å². The van der Waals surface area contributed by atoms with Gasteiger partial charge in [-0.05, 0) is 32.0 Å². The summed E-state index contributed by atoms with van der Waals surface area (Å²) < 4.78 is 10.8. The standard InChI is InChI=1S/C14H23NO2/c1-4-16-9-10-17-11-14(15-3)13-8-6-5-7-12(13)2/h5-8,14-15H,4,9-11H2,1-3H3. The summed E-state index contributed by atoms with van der Waals surface area (Å²) >= 11 is 0. The zero-order chi connectivity index (χ0) is 12.5. The number of aryl methyl sites for hydroxylation is 1. The Kier molecular flexibility index (Phi) is 6.86. The molecule has 0 saturated heterocycles. The van der Waals surface area contributed by atoms with Crippen molar-refractivity contribution in [1.82, 2.24) is 5.32 Å². The van der Waals surface area contributed by atoms with Crippen molar-refractivity contribution in [3.8, 4) is 0 Å². The zero-order valence-corrected chi connectivity index (χ0v) is 11.0. The van der Waals surface area contributed by atoms with E-state index in [1.807, 2.05) is 14.0 Å². The molecule has 3 heteroatoms. The predicted octanol–water partition coefficient (Wildman–Crippen LogP) is 2.31. The zero-order valence-electron chi connectivity index (χ0n) is 11.0. The van der Waals surface area contributed by atoms with Crippen LogP contribution in [0, 0.1) is 6.92 Å². The molecule has 1 unspecified atom stereocenters. The Morgan fingerprint density at radius 2 is 1.88 bits per heavy atom. The maximum absolute atomic E-state index is 5.61. The predicted molar refractivity (Wildman–Crippen MR) is 70.3 cm³/mol. The number of ether oxygens (including phenoxy) is 2. The molecule has 1 rings (SSSR count). The van der Waals surface area contributed by atoms with Crippen LogP contribution in [0.15, 0.2) is 24.3 Å². The van der Waals surface area contributed by atoms with Crippen molar-refractivity contribution in [2.45, 2.75) is 19.9 Å². The van der Waals surface area contributed by atoms with E-state index >= 15 is 0 Å². The topological polar surface area (TPSA) is 30.5 Å². The molecule has 1 aromatic rings. The number of nitrogens with one attached hydrogen (secondary N) is 1. The van der Waals surface area contributed by atoms with Crippen LogP contribution in [0.3, 0.4) is 0 Å². The summed E-state index contributed by atoms with van der Waals surface area (Å²) in [5.74, 6) is 0. The van der Waals surface area contributed by atoms with Gasteiger partial charge in [-0.15, -0.1) is 0 Å². The van der Waals surface area contributed by atoms with Crippen LogP contribution in [-0.2, 0) is 9.47 Å². The highest BCUT2D eigenvalue weighted by Gasteiger charge is 2.10. The second-order valence-corrected chi connectivity index (χ2v) is 3.97. The number of benzene rings is 1. The van der Waals surface area contributed by atoms with Crippen LogP contribution < -0.4 is 5.32 Å². The van der Waals surface area contributed by atoms with Gasteiger partial charge in [-0.1, -0.05) is 24.3 Å². The minimum absolute atomic E-state index is 0.248. The Balaban J connectivity index is 2.41. The van der Waals surface area contributed by atoms with Gasteiger partial charge in [0, 0.05) is 6.61 Å². The molecule has 0 radical (unpaired) electrons. The third kappa shape index (κ3) is 4.86. The monoisotopic (exact) mass is 237 g/mol. The minimum atomic E-state index is 0.248. The molecule has 0 aromatic heterocycles. The van der Waals surface area contributed by atoms with Crippen molar-refractivity contribution in [1.29, 1.82) is 0 Å². The van der Waals surface area contributed by atoms with E-state index in [0.29, 0.717) is 19.8 Å². The van der Waals surface area contributed by atoms with Gasteiger partial charge in [0.15, 0.2) is 0 Å². The summed E-state index contributed by atoms with van der Waals surface area (Å²) in [6.45, 7) is 6.85. The first-order valence-electron chi connectivity index (χ1n) is 6.17. The van der Waals surface area contributed by atoms with Gasteiger partial charge in [-0.2, -0.15) is 0 Å². The van der Waals surface area contributed by atoms with E-state index in [1.165, 1.54) is 11.1 Å². The fourth-order valence-electron chi connectivity index (χ4n) is 1.77. The summed E-state index contributed by atoms with van der Waals surface area (Å²) in [6.07, 6.45) is 0. The first kappa shape index (κ1) is 14.2. The van der Waals surface area contributed by atoms with E-state index in [2.05, 4.69) is 36.5 Å². The third-order valence-electron chi connectivity index (χ3n) is 2.77. The quantitative estimate of drug-likeness (QED) is 0.704. The van der Waals surface area contributed by atoms with Crippen LogP contribution in [0.25, 0.3) is 0 Å². The first-order chi connectivity index (χ1) is 8.29. The molecule has 1 atom stereocenters. The van der Waals surface area contributed by atoms with E-state index in [0.717, 1.165) is 6.61 Å². The molecule has 96 valence electrons. The lowest BCUT2D eigenvalue weighted by Crippen LogP contribution is -2.23. The van der Waals surface area contributed by atoms with E-state index in [-0.39, 0.29) is 6.04 Å². The van der Waals surface area contributed by atoms with Crippen LogP contribution in [0.5, 0.6) is 0 Å². The number of rotatable bonds is 8. The Hall–Kier alpha value is -0.900. The lowest BCUT2D eigenvalue weighted by Gasteiger charge is -2.18. The summed E-state index contributed by atoms with van der Waals surface area (Å²) in [5.41, 5.74) is 2.59. The van der Waals surface area contributed by atoms with Gasteiger partial charge in [0.25, 0.3) is 0 Å². The van der Waals surface area contributed by atoms with Gasteiger partial charge in [-0.3, -0.25) is 0 Å². The maximum Gasteiger partial charge on any atom is 0.0701 e. The number of hydrogen-bond donors (Lipinski definition) is 1. The summed E-state index contributed by atoms with van der Waals surface area (Å²) in [7, 11) is 1.96. The Bertz CT molecular complexity index is 315. The molecule has 0 bridgehead atoms. The largest absolute Gasteiger partial charge is 0.379 e. The Morgan fingerprint density at radius 1 is 1.18 bits per heavy atom. The summed E-state index contributed by atoms with van der Waals surface area (Å²) in [5, 5.41) is 3.28. The second kappa shape index (κ2) is 8.23. The molecule has 0 heterocycles. The molecule has 0 aliphatic heterocycles. The fraction of sp³-hybridized carbons (Fsp3) is 0.571. The SMILES string of the molecule is CCOCCOCC(NC)c1ccccc1C. The molecule has 17 heavy (non-hydrogen) atoms. The van der Waals surface area contributed by atoms with Crippen LogP contribution in [0.2, 0.25) is 0 Å². The lowest BCUT2D eigenvalue weighted by atomic mass is 10.0. The molecule has 0 aliphatic carbocycles. The summed E-state index contributed by atoms with van der Waals surface area (Å²) in [4.78, 5) is 0. The molecule has 0 spiro atoms. The highest BCUT2D eigenvalue weighted by atomic mass is 16.5. The molecule has 1 aromatic carbocycles. The number of hydrogen-bond acceptors (Lipinski definition) is 3. The van der Waals surface area contributed by atoms with Gasteiger partial charge in [0.2, 0.25) is 0 Å². The molecule has 0 aliphatic rings. The van der Waals surface area contributed by atoms with Gasteiger partial charge < -0.3 is 14.8 Å². The van der Waals surface area contributed by atoms with Crippen molar-refractivity contribution in [2.24, 2.45) is 0 Å². The van der Waals surface area contributed by atoms with Crippen LogP contribution >= 0.6 is 0 Å².